The van der Waals surface area contributed by atoms with Gasteiger partial charge in [0.05, 0.1) is 11.4 Å². The van der Waals surface area contributed by atoms with Crippen LogP contribution >= 0.6 is 0 Å². The smallest absolute Gasteiger partial charge is 0.164 e. The predicted octanol–water partition coefficient (Wildman–Crippen LogP) is 3.50. The molecule has 2 atom stereocenters. The Morgan fingerprint density at radius 1 is 1.15 bits per heavy atom. The van der Waals surface area contributed by atoms with E-state index in [9.17, 15) is 9.18 Å². The Morgan fingerprint density at radius 2 is 2.00 bits per heavy atom. The maximum atomic E-state index is 13.0. The number of para-hydroxylation sites is 1. The summed E-state index contributed by atoms with van der Waals surface area (Å²) in [5.41, 5.74) is 4.73. The molecular weight excluding hydrogens is 341 g/mol. The number of ketones is 1. The molecule has 0 spiro atoms. The van der Waals surface area contributed by atoms with Crippen LogP contribution in [-0.2, 0) is 0 Å². The number of likely N-dealkylation sites (tertiary alicyclic amines) is 1. The second kappa shape index (κ2) is 6.64. The van der Waals surface area contributed by atoms with Gasteiger partial charge in [-0.3, -0.25) is 4.79 Å². The Hall–Kier alpha value is -2.40. The normalized spacial score (nSPS) is 23.5. The van der Waals surface area contributed by atoms with Crippen LogP contribution in [0.15, 0.2) is 42.5 Å². The molecule has 3 aliphatic rings. The van der Waals surface area contributed by atoms with E-state index in [0.717, 1.165) is 39.1 Å². The minimum absolute atomic E-state index is 0.0926. The van der Waals surface area contributed by atoms with Gasteiger partial charge >= 0.3 is 0 Å². The van der Waals surface area contributed by atoms with E-state index in [0.29, 0.717) is 23.9 Å². The van der Waals surface area contributed by atoms with Gasteiger partial charge in [0.2, 0.25) is 0 Å². The van der Waals surface area contributed by atoms with Crippen LogP contribution < -0.4 is 10.2 Å². The topological polar surface area (TPSA) is 35.6 Å². The van der Waals surface area contributed by atoms with E-state index in [1.54, 1.807) is 12.1 Å². The minimum atomic E-state index is -0.302. The highest BCUT2D eigenvalue weighted by Gasteiger charge is 2.43. The Labute approximate surface area is 159 Å². The number of fused-ring (bicyclic) bond motifs is 3. The van der Waals surface area contributed by atoms with E-state index in [4.69, 9.17) is 0 Å². The zero-order chi connectivity index (χ0) is 18.4. The monoisotopic (exact) mass is 365 g/mol. The van der Waals surface area contributed by atoms with Gasteiger partial charge in [-0.1, -0.05) is 12.1 Å². The fourth-order valence-electron chi connectivity index (χ4n) is 5.01. The molecule has 1 fully saturated rings. The van der Waals surface area contributed by atoms with Crippen molar-refractivity contribution < 1.29 is 9.18 Å². The maximum Gasteiger partial charge on any atom is 0.164 e. The first-order valence-electron chi connectivity index (χ1n) is 9.85. The van der Waals surface area contributed by atoms with Crippen molar-refractivity contribution in [3.8, 4) is 0 Å². The fourth-order valence-corrected chi connectivity index (χ4v) is 5.01. The van der Waals surface area contributed by atoms with E-state index in [1.807, 2.05) is 0 Å². The Bertz CT molecular complexity index is 866. The summed E-state index contributed by atoms with van der Waals surface area (Å²) in [5, 5.41) is 3.53. The SMILES string of the molecule is O=C(CCN1CC[C@H]2[C@@H](C1)c1cccc3c1N2CCN3)c1ccc(F)cc1. The van der Waals surface area contributed by atoms with Crippen LogP contribution in [0.2, 0.25) is 0 Å². The van der Waals surface area contributed by atoms with Gasteiger partial charge in [-0.15, -0.1) is 0 Å². The van der Waals surface area contributed by atoms with Crippen LogP contribution in [0.25, 0.3) is 0 Å². The van der Waals surface area contributed by atoms with Crippen molar-refractivity contribution in [1.29, 1.82) is 0 Å². The molecule has 0 unspecified atom stereocenters. The molecule has 0 bridgehead atoms. The number of nitrogens with one attached hydrogen (secondary N) is 1. The van der Waals surface area contributed by atoms with Crippen molar-refractivity contribution in [2.24, 2.45) is 0 Å². The molecule has 140 valence electrons. The Morgan fingerprint density at radius 3 is 2.85 bits per heavy atom. The molecule has 0 aromatic heterocycles. The number of carbonyl (C=O) groups excluding carboxylic acids is 1. The van der Waals surface area contributed by atoms with E-state index < -0.39 is 0 Å². The second-order valence-electron chi connectivity index (χ2n) is 7.81. The van der Waals surface area contributed by atoms with Crippen LogP contribution in [-0.4, -0.2) is 49.4 Å². The molecule has 27 heavy (non-hydrogen) atoms. The highest BCUT2D eigenvalue weighted by Crippen LogP contribution is 2.49. The van der Waals surface area contributed by atoms with Crippen molar-refractivity contribution in [2.45, 2.75) is 24.8 Å². The van der Waals surface area contributed by atoms with Gasteiger partial charge < -0.3 is 15.1 Å². The number of benzene rings is 2. The quantitative estimate of drug-likeness (QED) is 0.842. The van der Waals surface area contributed by atoms with Crippen LogP contribution in [0.3, 0.4) is 0 Å². The third-order valence-corrected chi connectivity index (χ3v) is 6.30. The molecule has 0 radical (unpaired) electrons. The van der Waals surface area contributed by atoms with Gasteiger partial charge in [-0.25, -0.2) is 4.39 Å². The van der Waals surface area contributed by atoms with Crippen molar-refractivity contribution in [2.75, 3.05) is 42.9 Å². The summed E-state index contributed by atoms with van der Waals surface area (Å²) in [7, 11) is 0. The summed E-state index contributed by atoms with van der Waals surface area (Å²) in [6.45, 7) is 4.90. The third kappa shape index (κ3) is 2.90. The van der Waals surface area contributed by atoms with Gasteiger partial charge in [0.15, 0.2) is 5.78 Å². The number of carbonyl (C=O) groups is 1. The van der Waals surface area contributed by atoms with Crippen LogP contribution in [0, 0.1) is 5.82 Å². The van der Waals surface area contributed by atoms with Crippen molar-refractivity contribution in [3.05, 3.63) is 59.4 Å². The second-order valence-corrected chi connectivity index (χ2v) is 7.81. The predicted molar refractivity (Wildman–Crippen MR) is 105 cm³/mol. The number of hydrogen-bond acceptors (Lipinski definition) is 4. The number of Topliss-reactive ketones (excluding diaryl/α,β-unsaturated/α-hetero) is 1. The molecule has 2 aromatic rings. The average Bonchev–Trinajstić information content (AvgIpc) is 3.02. The standard InChI is InChI=1S/C22H24FN3O/c23-16-6-4-15(5-7-16)21(27)9-12-25-11-8-20-18(14-25)17-2-1-3-19-22(17)26(20)13-10-24-19/h1-7,18,20,24H,8-14H2/t18-,20-/m0/s1. The lowest BCUT2D eigenvalue weighted by atomic mass is 9.89. The molecule has 0 amide bonds. The Balaban J connectivity index is 1.27. The number of nitrogens with zero attached hydrogens (tertiary/aromatic N) is 2. The molecule has 1 N–H and O–H groups in total. The number of piperidine rings is 1. The summed E-state index contributed by atoms with van der Waals surface area (Å²) in [6, 6.07) is 13.1. The molecule has 5 rings (SSSR count). The van der Waals surface area contributed by atoms with Gasteiger partial charge in [0.1, 0.15) is 5.82 Å². The summed E-state index contributed by atoms with van der Waals surface area (Å²) in [5.74, 6) is 0.314. The third-order valence-electron chi connectivity index (χ3n) is 6.30. The lowest BCUT2D eigenvalue weighted by molar-refractivity contribution is 0.0952. The molecule has 2 aromatic carbocycles. The molecule has 3 aliphatic heterocycles. The first kappa shape index (κ1) is 16.8. The minimum Gasteiger partial charge on any atom is -0.382 e. The van der Waals surface area contributed by atoms with E-state index in [2.05, 4.69) is 33.3 Å². The highest BCUT2D eigenvalue weighted by molar-refractivity contribution is 5.96. The van der Waals surface area contributed by atoms with Crippen LogP contribution in [0.4, 0.5) is 15.8 Å². The fraction of sp³-hybridized carbons (Fsp3) is 0.409. The maximum absolute atomic E-state index is 13.0. The summed E-state index contributed by atoms with van der Waals surface area (Å²) < 4.78 is 13.0. The van der Waals surface area contributed by atoms with Gasteiger partial charge in [0.25, 0.3) is 0 Å². The summed E-state index contributed by atoms with van der Waals surface area (Å²) >= 11 is 0. The van der Waals surface area contributed by atoms with Crippen molar-refractivity contribution in [3.63, 3.8) is 0 Å². The molecule has 5 heteroatoms. The molecule has 0 aliphatic carbocycles. The van der Waals surface area contributed by atoms with Crippen molar-refractivity contribution >= 4 is 17.2 Å². The molecular formula is C22H24FN3O. The molecule has 0 saturated carbocycles. The Kier molecular flexibility index (Phi) is 4.12. The van der Waals surface area contributed by atoms with Crippen LogP contribution in [0.1, 0.15) is 34.7 Å². The van der Waals surface area contributed by atoms with E-state index in [1.165, 1.54) is 29.1 Å². The highest BCUT2D eigenvalue weighted by atomic mass is 19.1. The zero-order valence-electron chi connectivity index (χ0n) is 15.3. The molecule has 3 heterocycles. The van der Waals surface area contributed by atoms with Gasteiger partial charge in [-0.05, 0) is 42.3 Å². The zero-order valence-corrected chi connectivity index (χ0v) is 15.3. The first-order chi connectivity index (χ1) is 13.2. The summed E-state index contributed by atoms with van der Waals surface area (Å²) in [6.07, 6.45) is 1.63. The van der Waals surface area contributed by atoms with Gasteiger partial charge in [0, 0.05) is 56.7 Å². The number of anilines is 2. The average molecular weight is 365 g/mol. The van der Waals surface area contributed by atoms with E-state index in [-0.39, 0.29) is 11.6 Å². The van der Waals surface area contributed by atoms with Gasteiger partial charge in [-0.2, -0.15) is 0 Å². The number of rotatable bonds is 4. The molecule has 4 nitrogen and oxygen atoms in total. The van der Waals surface area contributed by atoms with Crippen LogP contribution in [0.5, 0.6) is 0 Å². The number of halogens is 1. The number of hydrogen-bond donors (Lipinski definition) is 1. The van der Waals surface area contributed by atoms with E-state index >= 15 is 0 Å². The van der Waals surface area contributed by atoms with Crippen molar-refractivity contribution in [1.82, 2.24) is 4.90 Å². The summed E-state index contributed by atoms with van der Waals surface area (Å²) in [4.78, 5) is 17.4. The first-order valence-corrected chi connectivity index (χ1v) is 9.85. The largest absolute Gasteiger partial charge is 0.382 e. The lowest BCUT2D eigenvalue weighted by Crippen LogP contribution is -2.48. The molecule has 1 saturated heterocycles. The lowest BCUT2D eigenvalue weighted by Gasteiger charge is -2.40.